The SMILES string of the molecule is Cc1cc(C)c(NC(=O)COC(=O)[C@@H](NC(=O)c2ccccc2C)C(C)C)c(C)c1. The fraction of sp³-hybridized carbons (Fsp3) is 0.375. The van der Waals surface area contributed by atoms with Crippen LogP contribution in [-0.2, 0) is 14.3 Å². The summed E-state index contributed by atoms with van der Waals surface area (Å²) in [4.78, 5) is 37.4. The minimum Gasteiger partial charge on any atom is -0.454 e. The van der Waals surface area contributed by atoms with E-state index in [2.05, 4.69) is 10.6 Å². The van der Waals surface area contributed by atoms with E-state index in [1.807, 2.05) is 65.8 Å². The molecule has 0 bridgehead atoms. The molecule has 0 aliphatic rings. The molecule has 0 fully saturated rings. The van der Waals surface area contributed by atoms with Crippen LogP contribution in [0, 0.1) is 33.6 Å². The van der Waals surface area contributed by atoms with Crippen molar-refractivity contribution in [2.24, 2.45) is 5.92 Å². The first-order valence-electron chi connectivity index (χ1n) is 10.0. The smallest absolute Gasteiger partial charge is 0.329 e. The molecule has 2 aromatic rings. The van der Waals surface area contributed by atoms with Gasteiger partial charge in [-0.05, 0) is 56.4 Å². The van der Waals surface area contributed by atoms with Crippen LogP contribution in [0.3, 0.4) is 0 Å². The highest BCUT2D eigenvalue weighted by Crippen LogP contribution is 2.21. The molecular weight excluding hydrogens is 380 g/mol. The first-order valence-corrected chi connectivity index (χ1v) is 10.0. The van der Waals surface area contributed by atoms with E-state index in [9.17, 15) is 14.4 Å². The Hall–Kier alpha value is -3.15. The van der Waals surface area contributed by atoms with Gasteiger partial charge in [0.25, 0.3) is 11.8 Å². The topological polar surface area (TPSA) is 84.5 Å². The van der Waals surface area contributed by atoms with E-state index >= 15 is 0 Å². The van der Waals surface area contributed by atoms with Crippen LogP contribution in [0.2, 0.25) is 0 Å². The summed E-state index contributed by atoms with van der Waals surface area (Å²) in [5.41, 5.74) is 5.03. The van der Waals surface area contributed by atoms with Gasteiger partial charge in [0.1, 0.15) is 6.04 Å². The van der Waals surface area contributed by atoms with E-state index in [0.717, 1.165) is 27.9 Å². The van der Waals surface area contributed by atoms with Gasteiger partial charge in [0.2, 0.25) is 0 Å². The minimum atomic E-state index is -0.854. The Bertz CT molecular complexity index is 927. The van der Waals surface area contributed by atoms with Crippen LogP contribution >= 0.6 is 0 Å². The summed E-state index contributed by atoms with van der Waals surface area (Å²) in [6, 6.07) is 10.2. The Morgan fingerprint density at radius 3 is 2.10 bits per heavy atom. The quantitative estimate of drug-likeness (QED) is 0.679. The van der Waals surface area contributed by atoms with Gasteiger partial charge in [0.15, 0.2) is 6.61 Å². The summed E-state index contributed by atoms with van der Waals surface area (Å²) in [6.07, 6.45) is 0. The normalized spacial score (nSPS) is 11.7. The number of aryl methyl sites for hydroxylation is 4. The van der Waals surface area contributed by atoms with Gasteiger partial charge in [0, 0.05) is 11.3 Å². The van der Waals surface area contributed by atoms with Crippen LogP contribution in [0.5, 0.6) is 0 Å². The van der Waals surface area contributed by atoms with Crippen LogP contribution in [0.4, 0.5) is 5.69 Å². The molecule has 0 aromatic heterocycles. The van der Waals surface area contributed by atoms with Crippen molar-refractivity contribution in [3.05, 3.63) is 64.2 Å². The third-order valence-corrected chi connectivity index (χ3v) is 4.88. The Labute approximate surface area is 178 Å². The molecular formula is C24H30N2O4. The fourth-order valence-electron chi connectivity index (χ4n) is 3.32. The Morgan fingerprint density at radius 1 is 0.933 bits per heavy atom. The number of carbonyl (C=O) groups excluding carboxylic acids is 3. The standard InChI is InChI=1S/C24H30N2O4/c1-14(2)21(26-23(28)19-10-8-7-9-16(19)4)24(29)30-13-20(27)25-22-17(5)11-15(3)12-18(22)6/h7-12,14,21H,13H2,1-6H3,(H,25,27)(H,26,28)/t21-/m0/s1. The summed E-state index contributed by atoms with van der Waals surface area (Å²) in [7, 11) is 0. The van der Waals surface area contributed by atoms with Crippen LogP contribution in [0.25, 0.3) is 0 Å². The summed E-state index contributed by atoms with van der Waals surface area (Å²) >= 11 is 0. The molecule has 0 aliphatic heterocycles. The van der Waals surface area contributed by atoms with Crippen LogP contribution in [-0.4, -0.2) is 30.4 Å². The molecule has 2 amide bonds. The largest absolute Gasteiger partial charge is 0.454 e. The van der Waals surface area contributed by atoms with Gasteiger partial charge in [-0.15, -0.1) is 0 Å². The molecule has 0 spiro atoms. The minimum absolute atomic E-state index is 0.199. The third-order valence-electron chi connectivity index (χ3n) is 4.88. The number of benzene rings is 2. The van der Waals surface area contributed by atoms with E-state index < -0.39 is 24.5 Å². The number of hydrogen-bond acceptors (Lipinski definition) is 4. The highest BCUT2D eigenvalue weighted by atomic mass is 16.5. The fourth-order valence-corrected chi connectivity index (χ4v) is 3.32. The van der Waals surface area contributed by atoms with Crippen molar-refractivity contribution in [1.82, 2.24) is 5.32 Å². The molecule has 0 heterocycles. The van der Waals surface area contributed by atoms with Gasteiger partial charge in [-0.2, -0.15) is 0 Å². The van der Waals surface area contributed by atoms with Crippen LogP contribution < -0.4 is 10.6 Å². The third kappa shape index (κ3) is 5.92. The Balaban J connectivity index is 1.99. The average Bonchev–Trinajstić information content (AvgIpc) is 2.66. The van der Waals surface area contributed by atoms with Crippen molar-refractivity contribution >= 4 is 23.5 Å². The van der Waals surface area contributed by atoms with Crippen LogP contribution in [0.1, 0.15) is 46.5 Å². The van der Waals surface area contributed by atoms with Gasteiger partial charge in [-0.1, -0.05) is 49.7 Å². The van der Waals surface area contributed by atoms with Crippen molar-refractivity contribution in [1.29, 1.82) is 0 Å². The number of carbonyl (C=O) groups is 3. The lowest BCUT2D eigenvalue weighted by Gasteiger charge is -2.21. The molecule has 0 radical (unpaired) electrons. The predicted molar refractivity (Wildman–Crippen MR) is 118 cm³/mol. The second-order valence-electron chi connectivity index (χ2n) is 7.94. The van der Waals surface area contributed by atoms with Crippen molar-refractivity contribution in [2.45, 2.75) is 47.6 Å². The summed E-state index contributed by atoms with van der Waals surface area (Å²) < 4.78 is 5.20. The molecule has 2 aromatic carbocycles. The van der Waals surface area contributed by atoms with Crippen LogP contribution in [0.15, 0.2) is 36.4 Å². The zero-order chi connectivity index (χ0) is 22.4. The molecule has 0 saturated carbocycles. The summed E-state index contributed by atoms with van der Waals surface area (Å²) in [5.74, 6) is -1.61. The number of hydrogen-bond donors (Lipinski definition) is 2. The molecule has 2 rings (SSSR count). The second-order valence-corrected chi connectivity index (χ2v) is 7.94. The zero-order valence-corrected chi connectivity index (χ0v) is 18.5. The molecule has 160 valence electrons. The monoisotopic (exact) mass is 410 g/mol. The Morgan fingerprint density at radius 2 is 1.53 bits per heavy atom. The lowest BCUT2D eigenvalue weighted by molar-refractivity contribution is -0.150. The molecule has 6 nitrogen and oxygen atoms in total. The van der Waals surface area contributed by atoms with Gasteiger partial charge in [0.05, 0.1) is 0 Å². The first kappa shape index (κ1) is 23.1. The average molecular weight is 411 g/mol. The van der Waals surface area contributed by atoms with Crippen molar-refractivity contribution in [3.63, 3.8) is 0 Å². The van der Waals surface area contributed by atoms with Crippen molar-refractivity contribution in [3.8, 4) is 0 Å². The number of ether oxygens (including phenoxy) is 1. The lowest BCUT2D eigenvalue weighted by Crippen LogP contribution is -2.46. The molecule has 1 atom stereocenters. The maximum Gasteiger partial charge on any atom is 0.329 e. The summed E-state index contributed by atoms with van der Waals surface area (Å²) in [5, 5.41) is 5.53. The number of esters is 1. The predicted octanol–water partition coefficient (Wildman–Crippen LogP) is 3.86. The van der Waals surface area contributed by atoms with Gasteiger partial charge < -0.3 is 15.4 Å². The number of anilines is 1. The van der Waals surface area contributed by atoms with E-state index in [-0.39, 0.29) is 11.8 Å². The molecule has 0 aliphatic carbocycles. The molecule has 30 heavy (non-hydrogen) atoms. The maximum atomic E-state index is 12.6. The number of rotatable bonds is 7. The number of nitrogens with one attached hydrogen (secondary N) is 2. The summed E-state index contributed by atoms with van der Waals surface area (Å²) in [6.45, 7) is 10.8. The van der Waals surface area contributed by atoms with Crippen molar-refractivity contribution < 1.29 is 19.1 Å². The second kappa shape index (κ2) is 10.1. The Kier molecular flexibility index (Phi) is 7.75. The molecule has 2 N–H and O–H groups in total. The van der Waals surface area contributed by atoms with E-state index in [1.54, 1.807) is 12.1 Å². The van der Waals surface area contributed by atoms with Gasteiger partial charge >= 0.3 is 5.97 Å². The number of amides is 2. The van der Waals surface area contributed by atoms with Gasteiger partial charge in [-0.25, -0.2) is 4.79 Å². The molecule has 0 unspecified atom stereocenters. The maximum absolute atomic E-state index is 12.6. The van der Waals surface area contributed by atoms with E-state index in [1.165, 1.54) is 0 Å². The molecule has 0 saturated heterocycles. The van der Waals surface area contributed by atoms with E-state index in [4.69, 9.17) is 4.74 Å². The van der Waals surface area contributed by atoms with E-state index in [0.29, 0.717) is 5.56 Å². The highest BCUT2D eigenvalue weighted by molar-refractivity contribution is 5.98. The zero-order valence-electron chi connectivity index (χ0n) is 18.5. The highest BCUT2D eigenvalue weighted by Gasteiger charge is 2.27. The lowest BCUT2D eigenvalue weighted by atomic mass is 10.0. The molecule has 6 heteroatoms. The van der Waals surface area contributed by atoms with Gasteiger partial charge in [-0.3, -0.25) is 9.59 Å². The first-order chi connectivity index (χ1) is 14.1. The van der Waals surface area contributed by atoms with Crippen molar-refractivity contribution in [2.75, 3.05) is 11.9 Å².